The molecule has 2 aromatic carbocycles. The van der Waals surface area contributed by atoms with Gasteiger partial charge in [0.2, 0.25) is 5.91 Å². The molecule has 0 saturated carbocycles. The lowest BCUT2D eigenvalue weighted by Gasteiger charge is -2.23. The molecule has 0 unspecified atom stereocenters. The van der Waals surface area contributed by atoms with Gasteiger partial charge in [0.15, 0.2) is 0 Å². The van der Waals surface area contributed by atoms with Crippen LogP contribution in [0, 0.1) is 19.3 Å². The topological polar surface area (TPSA) is 219 Å². The molecule has 3 aromatic rings. The number of hydrogen-bond acceptors (Lipinski definition) is 8. The summed E-state index contributed by atoms with van der Waals surface area (Å²) in [5.41, 5.74) is 1.89. The van der Waals surface area contributed by atoms with Gasteiger partial charge in [0.05, 0.1) is 23.9 Å². The Balaban J connectivity index is 1.66. The maximum atomic E-state index is 12.8. The van der Waals surface area contributed by atoms with E-state index in [1.165, 1.54) is 12.1 Å². The third kappa shape index (κ3) is 8.89. The Morgan fingerprint density at radius 3 is 2.28 bits per heavy atom. The van der Waals surface area contributed by atoms with E-state index in [4.69, 9.17) is 16.6 Å². The minimum atomic E-state index is -1.68. The van der Waals surface area contributed by atoms with E-state index in [2.05, 4.69) is 21.2 Å². The summed E-state index contributed by atoms with van der Waals surface area (Å²) in [5, 5.41) is 32.1. The number of carbonyl (C=O) groups excluding carboxylic acids is 2. The normalized spacial score (nSPS) is 12.0. The van der Waals surface area contributed by atoms with E-state index in [9.17, 15) is 33.9 Å². The highest BCUT2D eigenvalue weighted by molar-refractivity contribution is 5.97. The molecule has 2 amide bonds. The number of anilines is 1. The Morgan fingerprint density at radius 2 is 1.67 bits per heavy atom. The molecule has 14 nitrogen and oxygen atoms in total. The van der Waals surface area contributed by atoms with Crippen molar-refractivity contribution in [1.82, 2.24) is 20.6 Å². The van der Waals surface area contributed by atoms with Crippen LogP contribution in [0.2, 0.25) is 0 Å². The molecule has 224 valence electrons. The number of terminal acetylenes is 1. The summed E-state index contributed by atoms with van der Waals surface area (Å²) in [6.07, 6.45) is 3.87. The molecule has 0 aliphatic carbocycles. The predicted octanol–water partition coefficient (Wildman–Crippen LogP) is 0.879. The van der Waals surface area contributed by atoms with Crippen molar-refractivity contribution in [3.8, 4) is 12.3 Å². The van der Waals surface area contributed by atoms with E-state index in [1.807, 2.05) is 16.3 Å². The highest BCUT2D eigenvalue weighted by atomic mass is 16.4. The van der Waals surface area contributed by atoms with Gasteiger partial charge < -0.3 is 35.8 Å². The van der Waals surface area contributed by atoms with Crippen LogP contribution in [0.4, 0.5) is 5.69 Å². The van der Waals surface area contributed by atoms with Crippen LogP contribution < -0.4 is 21.1 Å². The minimum absolute atomic E-state index is 0.131. The summed E-state index contributed by atoms with van der Waals surface area (Å²) in [7, 11) is 0. The number of nitrogens with zero attached hydrogens (tertiary/aromatic N) is 2. The van der Waals surface area contributed by atoms with Gasteiger partial charge in [-0.25, -0.2) is 14.6 Å². The molecule has 2 atom stereocenters. The highest BCUT2D eigenvalue weighted by Gasteiger charge is 2.26. The first-order valence-electron chi connectivity index (χ1n) is 12.9. The summed E-state index contributed by atoms with van der Waals surface area (Å²) < 4.78 is 0. The van der Waals surface area contributed by atoms with Gasteiger partial charge in [0.25, 0.3) is 11.5 Å². The average molecular weight is 592 g/mol. The number of benzene rings is 2. The summed E-state index contributed by atoms with van der Waals surface area (Å²) in [4.78, 5) is 79.6. The zero-order valence-corrected chi connectivity index (χ0v) is 23.0. The first-order valence-corrected chi connectivity index (χ1v) is 12.9. The SMILES string of the molecule is C#CCN(Cc1ccc2nc(C)[nH]c(=O)c2c1)c1ccc(C(=O)N[C@@H](CCC(=O)N[C@@H](CC(=O)O)C(=O)O)C(=O)O)cc1. The number of fused-ring (bicyclic) bond motifs is 1. The number of aromatic nitrogens is 2. The van der Waals surface area contributed by atoms with Crippen LogP contribution in [0.5, 0.6) is 0 Å². The maximum absolute atomic E-state index is 12.8. The molecule has 0 spiro atoms. The number of H-pyrrole nitrogens is 1. The zero-order chi connectivity index (χ0) is 31.7. The summed E-state index contributed by atoms with van der Waals surface area (Å²) >= 11 is 0. The predicted molar refractivity (Wildman–Crippen MR) is 153 cm³/mol. The van der Waals surface area contributed by atoms with Gasteiger partial charge in [-0.3, -0.25) is 19.2 Å². The van der Waals surface area contributed by atoms with Gasteiger partial charge in [0.1, 0.15) is 17.9 Å². The van der Waals surface area contributed by atoms with Crippen LogP contribution in [-0.2, 0) is 25.7 Å². The van der Waals surface area contributed by atoms with Crippen molar-refractivity contribution in [2.75, 3.05) is 11.4 Å². The summed E-state index contributed by atoms with van der Waals surface area (Å²) in [5.74, 6) is -2.93. The van der Waals surface area contributed by atoms with E-state index < -0.39 is 54.6 Å². The van der Waals surface area contributed by atoms with Crippen molar-refractivity contribution in [2.45, 2.75) is 44.8 Å². The second-order valence-electron chi connectivity index (χ2n) is 9.57. The molecule has 0 radical (unpaired) electrons. The van der Waals surface area contributed by atoms with Gasteiger partial charge in [-0.05, 0) is 55.3 Å². The zero-order valence-electron chi connectivity index (χ0n) is 23.0. The standard InChI is InChI=1S/C29H29N5O9/c1-3-12-34(15-17-4-9-21-20(13-17)27(39)31-16(2)30-21)19-7-5-18(6-8-19)26(38)33-22(28(40)41)10-11-24(35)32-23(29(42)43)14-25(36)37/h1,4-9,13,22-23H,10-12,14-15H2,2H3,(H,32,35)(H,33,38)(H,36,37)(H,40,41)(H,42,43)(H,30,31,39)/t22-,23-/m0/s1. The number of rotatable bonds is 14. The second kappa shape index (κ2) is 14.3. The molecule has 6 N–H and O–H groups in total. The number of aromatic amines is 1. The van der Waals surface area contributed by atoms with Crippen molar-refractivity contribution < 1.29 is 39.3 Å². The van der Waals surface area contributed by atoms with E-state index in [1.54, 1.807) is 31.2 Å². The number of aliphatic carboxylic acids is 3. The van der Waals surface area contributed by atoms with Gasteiger partial charge in [0, 0.05) is 24.2 Å². The first-order chi connectivity index (χ1) is 20.4. The Labute approximate surface area is 244 Å². The van der Waals surface area contributed by atoms with Crippen molar-refractivity contribution in [3.05, 3.63) is 69.8 Å². The lowest BCUT2D eigenvalue weighted by Crippen LogP contribution is -2.44. The lowest BCUT2D eigenvalue weighted by molar-refractivity contribution is -0.147. The first kappa shape index (κ1) is 31.8. The molecular weight excluding hydrogens is 562 g/mol. The fourth-order valence-electron chi connectivity index (χ4n) is 4.21. The lowest BCUT2D eigenvalue weighted by atomic mass is 10.1. The molecule has 1 heterocycles. The minimum Gasteiger partial charge on any atom is -0.481 e. The van der Waals surface area contributed by atoms with Crippen molar-refractivity contribution >= 4 is 46.3 Å². The van der Waals surface area contributed by atoms with E-state index in [-0.39, 0.29) is 24.1 Å². The van der Waals surface area contributed by atoms with E-state index >= 15 is 0 Å². The monoisotopic (exact) mass is 591 g/mol. The number of hydrogen-bond donors (Lipinski definition) is 6. The van der Waals surface area contributed by atoms with Gasteiger partial charge in [-0.2, -0.15) is 0 Å². The molecule has 14 heteroatoms. The number of carboxylic acid groups (broad SMARTS) is 3. The number of nitrogens with one attached hydrogen (secondary N) is 3. The third-order valence-electron chi connectivity index (χ3n) is 6.31. The number of carbonyl (C=O) groups is 5. The number of aryl methyl sites for hydroxylation is 1. The van der Waals surface area contributed by atoms with Gasteiger partial charge >= 0.3 is 17.9 Å². The van der Waals surface area contributed by atoms with Crippen LogP contribution in [-0.4, -0.2) is 73.6 Å². The molecule has 1 aromatic heterocycles. The van der Waals surface area contributed by atoms with Crippen molar-refractivity contribution in [1.29, 1.82) is 0 Å². The second-order valence-corrected chi connectivity index (χ2v) is 9.57. The summed E-state index contributed by atoms with van der Waals surface area (Å²) in [6.45, 7) is 2.25. The molecule has 43 heavy (non-hydrogen) atoms. The van der Waals surface area contributed by atoms with Crippen LogP contribution in [0.1, 0.15) is 41.0 Å². The van der Waals surface area contributed by atoms with Gasteiger partial charge in [-0.1, -0.05) is 12.0 Å². The Morgan fingerprint density at radius 1 is 1.00 bits per heavy atom. The van der Waals surface area contributed by atoms with E-state index in [0.717, 1.165) is 5.56 Å². The molecule has 0 aliphatic heterocycles. The average Bonchev–Trinajstić information content (AvgIpc) is 2.94. The molecule has 0 saturated heterocycles. The molecule has 0 aliphatic rings. The highest BCUT2D eigenvalue weighted by Crippen LogP contribution is 2.20. The maximum Gasteiger partial charge on any atom is 0.326 e. The Hall–Kier alpha value is -5.71. The Bertz CT molecular complexity index is 1640. The number of amides is 2. The summed E-state index contributed by atoms with van der Waals surface area (Å²) in [6, 6.07) is 8.35. The van der Waals surface area contributed by atoms with Crippen LogP contribution >= 0.6 is 0 Å². The molecule has 0 fully saturated rings. The molecular formula is C29H29N5O9. The van der Waals surface area contributed by atoms with Crippen LogP contribution in [0.3, 0.4) is 0 Å². The largest absolute Gasteiger partial charge is 0.481 e. The third-order valence-corrected chi connectivity index (χ3v) is 6.31. The smallest absolute Gasteiger partial charge is 0.326 e. The quantitative estimate of drug-likeness (QED) is 0.145. The fourth-order valence-corrected chi connectivity index (χ4v) is 4.21. The fraction of sp³-hybridized carbons (Fsp3) is 0.276. The molecule has 3 rings (SSSR count). The van der Waals surface area contributed by atoms with Crippen LogP contribution in [0.15, 0.2) is 47.3 Å². The molecule has 0 bridgehead atoms. The van der Waals surface area contributed by atoms with Crippen LogP contribution in [0.25, 0.3) is 10.9 Å². The van der Waals surface area contributed by atoms with E-state index in [0.29, 0.717) is 29.0 Å². The number of carboxylic acids is 3. The van der Waals surface area contributed by atoms with Gasteiger partial charge in [-0.15, -0.1) is 6.42 Å². The van der Waals surface area contributed by atoms with Crippen molar-refractivity contribution in [2.24, 2.45) is 0 Å². The Kier molecular flexibility index (Phi) is 10.6. The van der Waals surface area contributed by atoms with Crippen molar-refractivity contribution in [3.63, 3.8) is 0 Å².